The number of rotatable bonds is 2. The lowest BCUT2D eigenvalue weighted by Gasteiger charge is -2.15. The summed E-state index contributed by atoms with van der Waals surface area (Å²) in [6.45, 7) is 7.46. The van der Waals surface area contributed by atoms with E-state index in [1.807, 2.05) is 0 Å². The van der Waals surface area contributed by atoms with E-state index in [1.54, 1.807) is 13.8 Å². The van der Waals surface area contributed by atoms with Gasteiger partial charge in [-0.25, -0.2) is 0 Å². The van der Waals surface area contributed by atoms with E-state index < -0.39 is 0 Å². The third-order valence-electron chi connectivity index (χ3n) is 3.08. The van der Waals surface area contributed by atoms with Gasteiger partial charge >= 0.3 is 0 Å². The van der Waals surface area contributed by atoms with E-state index in [-0.39, 0.29) is 28.8 Å². The van der Waals surface area contributed by atoms with Crippen LogP contribution in [0.4, 0.5) is 0 Å². The molecule has 0 aliphatic heterocycles. The van der Waals surface area contributed by atoms with Gasteiger partial charge in [-0.2, -0.15) is 0 Å². The third kappa shape index (κ3) is 2.17. The highest BCUT2D eigenvalue weighted by Crippen LogP contribution is 2.45. The molecule has 1 rings (SSSR count). The van der Waals surface area contributed by atoms with Crippen molar-refractivity contribution in [2.24, 2.45) is 17.3 Å². The fraction of sp³-hybridized carbons (Fsp3) is 0.818. The minimum atomic E-state index is -0.0208. The Labute approximate surface area is 79.7 Å². The first-order valence-electron chi connectivity index (χ1n) is 4.84. The largest absolute Gasteiger partial charge is 0.300 e. The van der Waals surface area contributed by atoms with Crippen molar-refractivity contribution in [3.05, 3.63) is 0 Å². The van der Waals surface area contributed by atoms with Gasteiger partial charge in [0.05, 0.1) is 0 Å². The van der Waals surface area contributed by atoms with Gasteiger partial charge in [-0.05, 0) is 32.1 Å². The molecule has 0 N–H and O–H groups in total. The summed E-state index contributed by atoms with van der Waals surface area (Å²) >= 11 is 0. The monoisotopic (exact) mass is 182 g/mol. The summed E-state index contributed by atoms with van der Waals surface area (Å²) in [6.07, 6.45) is 1.74. The van der Waals surface area contributed by atoms with Crippen molar-refractivity contribution in [2.75, 3.05) is 0 Å². The maximum Gasteiger partial charge on any atom is 0.133 e. The van der Waals surface area contributed by atoms with Crippen molar-refractivity contribution in [3.8, 4) is 0 Å². The third-order valence-corrected chi connectivity index (χ3v) is 3.08. The van der Waals surface area contributed by atoms with E-state index in [0.717, 1.165) is 12.8 Å². The van der Waals surface area contributed by atoms with Crippen LogP contribution in [0.15, 0.2) is 0 Å². The molecule has 1 fully saturated rings. The second-order valence-electron chi connectivity index (χ2n) is 5.01. The van der Waals surface area contributed by atoms with Crippen LogP contribution in [0.5, 0.6) is 0 Å². The Morgan fingerprint density at radius 1 is 1.00 bits per heavy atom. The highest BCUT2D eigenvalue weighted by molar-refractivity contribution is 5.88. The Bertz CT molecular complexity index is 216. The van der Waals surface area contributed by atoms with E-state index in [4.69, 9.17) is 0 Å². The summed E-state index contributed by atoms with van der Waals surface area (Å²) in [6, 6.07) is 0. The molecule has 0 radical (unpaired) electrons. The van der Waals surface area contributed by atoms with Crippen molar-refractivity contribution >= 4 is 11.6 Å². The van der Waals surface area contributed by atoms with Crippen LogP contribution in [0.2, 0.25) is 0 Å². The van der Waals surface area contributed by atoms with E-state index >= 15 is 0 Å². The van der Waals surface area contributed by atoms with Crippen LogP contribution < -0.4 is 0 Å². The first kappa shape index (κ1) is 10.4. The molecule has 1 saturated carbocycles. The van der Waals surface area contributed by atoms with Crippen LogP contribution in [-0.4, -0.2) is 11.6 Å². The van der Waals surface area contributed by atoms with E-state index in [0.29, 0.717) is 0 Å². The number of ketones is 2. The van der Waals surface area contributed by atoms with Crippen molar-refractivity contribution in [1.29, 1.82) is 0 Å². The van der Waals surface area contributed by atoms with E-state index in [9.17, 15) is 9.59 Å². The SMILES string of the molecule is CC(=O)C1CC(C)(C)CC1C(C)=O. The van der Waals surface area contributed by atoms with Crippen LogP contribution in [-0.2, 0) is 9.59 Å². The molecule has 0 spiro atoms. The van der Waals surface area contributed by atoms with Gasteiger partial charge in [0.15, 0.2) is 0 Å². The Hall–Kier alpha value is -0.660. The maximum absolute atomic E-state index is 11.3. The summed E-state index contributed by atoms with van der Waals surface area (Å²) in [5.74, 6) is 0.302. The van der Waals surface area contributed by atoms with Crippen LogP contribution in [0.3, 0.4) is 0 Å². The lowest BCUT2D eigenvalue weighted by molar-refractivity contribution is -0.128. The standard InChI is InChI=1S/C11H18O2/c1-7(12)9-5-11(3,4)6-10(9)8(2)13/h9-10H,5-6H2,1-4H3. The molecule has 1 aliphatic carbocycles. The number of carbonyl (C=O) groups excluding carboxylic acids is 2. The molecule has 2 heteroatoms. The topological polar surface area (TPSA) is 34.1 Å². The molecule has 2 unspecified atom stereocenters. The van der Waals surface area contributed by atoms with Crippen molar-refractivity contribution < 1.29 is 9.59 Å². The molecule has 0 aromatic rings. The fourth-order valence-corrected chi connectivity index (χ4v) is 2.41. The van der Waals surface area contributed by atoms with Gasteiger partial charge in [0.1, 0.15) is 11.6 Å². The molecule has 0 saturated heterocycles. The van der Waals surface area contributed by atoms with Gasteiger partial charge in [-0.1, -0.05) is 13.8 Å². The number of carbonyl (C=O) groups is 2. The van der Waals surface area contributed by atoms with Gasteiger partial charge in [0.25, 0.3) is 0 Å². The lowest BCUT2D eigenvalue weighted by atomic mass is 9.90. The molecular weight excluding hydrogens is 164 g/mol. The number of Topliss-reactive ketones (excluding diaryl/α,β-unsaturated/α-hetero) is 2. The molecule has 0 heterocycles. The molecule has 13 heavy (non-hydrogen) atoms. The number of hydrogen-bond acceptors (Lipinski definition) is 2. The molecule has 2 atom stereocenters. The maximum atomic E-state index is 11.3. The minimum Gasteiger partial charge on any atom is -0.300 e. The molecule has 0 aromatic heterocycles. The molecule has 0 aromatic carbocycles. The van der Waals surface area contributed by atoms with Crippen LogP contribution in [0.1, 0.15) is 40.5 Å². The van der Waals surface area contributed by atoms with Gasteiger partial charge < -0.3 is 0 Å². The average molecular weight is 182 g/mol. The van der Waals surface area contributed by atoms with Crippen molar-refractivity contribution in [3.63, 3.8) is 0 Å². The van der Waals surface area contributed by atoms with E-state index in [2.05, 4.69) is 13.8 Å². The normalized spacial score (nSPS) is 31.7. The average Bonchev–Trinajstić information content (AvgIpc) is 2.26. The predicted octanol–water partition coefficient (Wildman–Crippen LogP) is 2.22. The summed E-state index contributed by atoms with van der Waals surface area (Å²) in [4.78, 5) is 22.6. The molecule has 0 amide bonds. The van der Waals surface area contributed by atoms with Crippen LogP contribution in [0.25, 0.3) is 0 Å². The Morgan fingerprint density at radius 3 is 1.54 bits per heavy atom. The zero-order valence-corrected chi connectivity index (χ0v) is 8.89. The summed E-state index contributed by atoms with van der Waals surface area (Å²) in [7, 11) is 0. The van der Waals surface area contributed by atoms with Gasteiger partial charge in [-0.3, -0.25) is 9.59 Å². The summed E-state index contributed by atoms with van der Waals surface area (Å²) in [5, 5.41) is 0. The first-order chi connectivity index (χ1) is 5.83. The predicted molar refractivity (Wildman–Crippen MR) is 51.4 cm³/mol. The van der Waals surface area contributed by atoms with Gasteiger partial charge in [0, 0.05) is 11.8 Å². The molecular formula is C11H18O2. The van der Waals surface area contributed by atoms with Crippen LogP contribution in [0, 0.1) is 17.3 Å². The Kier molecular flexibility index (Phi) is 2.60. The zero-order chi connectivity index (χ0) is 10.2. The zero-order valence-electron chi connectivity index (χ0n) is 8.89. The lowest BCUT2D eigenvalue weighted by Crippen LogP contribution is -2.21. The summed E-state index contributed by atoms with van der Waals surface area (Å²) < 4.78 is 0. The Balaban J connectivity index is 2.83. The second-order valence-corrected chi connectivity index (χ2v) is 5.01. The number of hydrogen-bond donors (Lipinski definition) is 0. The smallest absolute Gasteiger partial charge is 0.133 e. The Morgan fingerprint density at radius 2 is 1.31 bits per heavy atom. The highest BCUT2D eigenvalue weighted by atomic mass is 16.1. The van der Waals surface area contributed by atoms with Crippen molar-refractivity contribution in [2.45, 2.75) is 40.5 Å². The highest BCUT2D eigenvalue weighted by Gasteiger charge is 2.43. The quantitative estimate of drug-likeness (QED) is 0.656. The summed E-state index contributed by atoms with van der Waals surface area (Å²) in [5.41, 5.74) is 0.159. The molecule has 74 valence electrons. The van der Waals surface area contributed by atoms with Crippen molar-refractivity contribution in [1.82, 2.24) is 0 Å². The first-order valence-corrected chi connectivity index (χ1v) is 4.84. The van der Waals surface area contributed by atoms with Crippen LogP contribution >= 0.6 is 0 Å². The van der Waals surface area contributed by atoms with Gasteiger partial charge in [-0.15, -0.1) is 0 Å². The second kappa shape index (κ2) is 3.24. The molecule has 0 bridgehead atoms. The minimum absolute atomic E-state index is 0.0208. The molecule has 2 nitrogen and oxygen atoms in total. The van der Waals surface area contributed by atoms with Gasteiger partial charge in [0.2, 0.25) is 0 Å². The molecule has 1 aliphatic rings. The fourth-order valence-electron chi connectivity index (χ4n) is 2.41. The van der Waals surface area contributed by atoms with E-state index in [1.165, 1.54) is 0 Å².